The summed E-state index contributed by atoms with van der Waals surface area (Å²) in [6.07, 6.45) is 0. The summed E-state index contributed by atoms with van der Waals surface area (Å²) in [5.41, 5.74) is 1.26. The highest BCUT2D eigenvalue weighted by Gasteiger charge is 2.24. The van der Waals surface area contributed by atoms with Crippen LogP contribution in [0.2, 0.25) is 0 Å². The van der Waals surface area contributed by atoms with Gasteiger partial charge in [0, 0.05) is 32.7 Å². The van der Waals surface area contributed by atoms with Gasteiger partial charge in [0.25, 0.3) is 5.91 Å². The van der Waals surface area contributed by atoms with Crippen LogP contribution in [0.3, 0.4) is 0 Å². The Morgan fingerprint density at radius 2 is 1.69 bits per heavy atom. The molecule has 0 bridgehead atoms. The van der Waals surface area contributed by atoms with Crippen LogP contribution in [-0.2, 0) is 6.54 Å². The van der Waals surface area contributed by atoms with Crippen LogP contribution < -0.4 is 9.47 Å². The molecule has 1 amide bonds. The van der Waals surface area contributed by atoms with Crippen LogP contribution in [-0.4, -0.2) is 56.1 Å². The van der Waals surface area contributed by atoms with Gasteiger partial charge in [0.1, 0.15) is 5.82 Å². The van der Waals surface area contributed by atoms with E-state index in [1.165, 1.54) is 12.1 Å². The summed E-state index contributed by atoms with van der Waals surface area (Å²) in [4.78, 5) is 16.5. The summed E-state index contributed by atoms with van der Waals surface area (Å²) in [6, 6.07) is 12.0. The Hall–Kier alpha value is -2.60. The molecule has 0 radical (unpaired) electrons. The number of hydrogen-bond acceptors (Lipinski definition) is 4. The van der Waals surface area contributed by atoms with E-state index in [9.17, 15) is 9.18 Å². The fraction of sp³-hybridized carbons (Fsp3) is 0.350. The number of halogens is 1. The van der Waals surface area contributed by atoms with Crippen LogP contribution in [0.25, 0.3) is 0 Å². The van der Waals surface area contributed by atoms with Gasteiger partial charge >= 0.3 is 0 Å². The standard InChI is InChI=1S/C20H23FN2O3/c1-25-18-8-7-15(13-19(18)26-2)14-22-9-11-23(12-10-22)20(24)16-5-3-4-6-17(16)21/h3-8,13H,9-12,14H2,1-2H3. The third-order valence-corrected chi connectivity index (χ3v) is 4.62. The molecular formula is C20H23FN2O3. The van der Waals surface area contributed by atoms with Crippen molar-refractivity contribution in [1.82, 2.24) is 9.80 Å². The van der Waals surface area contributed by atoms with Crippen molar-refractivity contribution in [2.24, 2.45) is 0 Å². The molecule has 3 rings (SSSR count). The minimum absolute atomic E-state index is 0.140. The van der Waals surface area contributed by atoms with Gasteiger partial charge in [-0.05, 0) is 29.8 Å². The van der Waals surface area contributed by atoms with Crippen molar-refractivity contribution in [3.05, 3.63) is 59.4 Å². The number of carbonyl (C=O) groups is 1. The van der Waals surface area contributed by atoms with E-state index in [1.807, 2.05) is 18.2 Å². The van der Waals surface area contributed by atoms with Gasteiger partial charge < -0.3 is 14.4 Å². The van der Waals surface area contributed by atoms with Crippen molar-refractivity contribution in [1.29, 1.82) is 0 Å². The predicted octanol–water partition coefficient (Wildman–Crippen LogP) is 2.80. The van der Waals surface area contributed by atoms with E-state index in [-0.39, 0.29) is 11.5 Å². The maximum absolute atomic E-state index is 13.8. The summed E-state index contributed by atoms with van der Waals surface area (Å²) in [6.45, 7) is 3.42. The molecule has 1 fully saturated rings. The molecule has 1 heterocycles. The van der Waals surface area contributed by atoms with E-state index in [2.05, 4.69) is 4.90 Å². The van der Waals surface area contributed by atoms with E-state index < -0.39 is 5.82 Å². The lowest BCUT2D eigenvalue weighted by atomic mass is 10.1. The first-order valence-electron chi connectivity index (χ1n) is 8.59. The quantitative estimate of drug-likeness (QED) is 0.824. The molecule has 0 spiro atoms. The fourth-order valence-electron chi connectivity index (χ4n) is 3.15. The van der Waals surface area contributed by atoms with Gasteiger partial charge in [-0.2, -0.15) is 0 Å². The van der Waals surface area contributed by atoms with Crippen molar-refractivity contribution < 1.29 is 18.7 Å². The van der Waals surface area contributed by atoms with E-state index in [1.54, 1.807) is 31.3 Å². The van der Waals surface area contributed by atoms with Crippen LogP contribution in [0.5, 0.6) is 11.5 Å². The Labute approximate surface area is 152 Å². The Balaban J connectivity index is 1.59. The molecule has 0 aromatic heterocycles. The van der Waals surface area contributed by atoms with Gasteiger partial charge in [-0.3, -0.25) is 9.69 Å². The average Bonchev–Trinajstić information content (AvgIpc) is 2.68. The third-order valence-electron chi connectivity index (χ3n) is 4.62. The minimum Gasteiger partial charge on any atom is -0.493 e. The molecule has 0 unspecified atom stereocenters. The Morgan fingerprint density at radius 3 is 2.35 bits per heavy atom. The minimum atomic E-state index is -0.467. The van der Waals surface area contributed by atoms with E-state index in [4.69, 9.17) is 9.47 Å². The lowest BCUT2D eigenvalue weighted by molar-refractivity contribution is 0.0624. The second-order valence-corrected chi connectivity index (χ2v) is 6.24. The number of rotatable bonds is 5. The number of amides is 1. The van der Waals surface area contributed by atoms with Crippen molar-refractivity contribution in [3.8, 4) is 11.5 Å². The molecular weight excluding hydrogens is 335 g/mol. The topological polar surface area (TPSA) is 42.0 Å². The number of benzene rings is 2. The zero-order chi connectivity index (χ0) is 18.5. The Kier molecular flexibility index (Phi) is 5.73. The first-order chi connectivity index (χ1) is 12.6. The number of hydrogen-bond donors (Lipinski definition) is 0. The van der Waals surface area contributed by atoms with Crippen molar-refractivity contribution >= 4 is 5.91 Å². The molecule has 0 aliphatic carbocycles. The number of nitrogens with zero attached hydrogens (tertiary/aromatic N) is 2. The summed E-state index contributed by atoms with van der Waals surface area (Å²) in [5, 5.41) is 0. The van der Waals surface area contributed by atoms with Gasteiger partial charge in [0.2, 0.25) is 0 Å². The zero-order valence-corrected chi connectivity index (χ0v) is 15.1. The number of methoxy groups -OCH3 is 2. The monoisotopic (exact) mass is 358 g/mol. The van der Waals surface area contributed by atoms with Crippen LogP contribution >= 0.6 is 0 Å². The molecule has 1 aliphatic heterocycles. The molecule has 1 aliphatic rings. The lowest BCUT2D eigenvalue weighted by Crippen LogP contribution is -2.48. The van der Waals surface area contributed by atoms with E-state index in [0.29, 0.717) is 24.6 Å². The predicted molar refractivity (Wildman–Crippen MR) is 97.1 cm³/mol. The van der Waals surface area contributed by atoms with Crippen molar-refractivity contribution in [2.75, 3.05) is 40.4 Å². The maximum atomic E-state index is 13.8. The van der Waals surface area contributed by atoms with Crippen LogP contribution in [0.1, 0.15) is 15.9 Å². The summed E-state index contributed by atoms with van der Waals surface area (Å²) >= 11 is 0. The fourth-order valence-corrected chi connectivity index (χ4v) is 3.15. The van der Waals surface area contributed by atoms with E-state index >= 15 is 0 Å². The van der Waals surface area contributed by atoms with Crippen LogP contribution in [0.4, 0.5) is 4.39 Å². The van der Waals surface area contributed by atoms with Gasteiger partial charge in [-0.25, -0.2) is 4.39 Å². The molecule has 2 aromatic carbocycles. The highest BCUT2D eigenvalue weighted by atomic mass is 19.1. The molecule has 0 N–H and O–H groups in total. The average molecular weight is 358 g/mol. The molecule has 0 atom stereocenters. The number of carbonyl (C=O) groups excluding carboxylic acids is 1. The second-order valence-electron chi connectivity index (χ2n) is 6.24. The first-order valence-corrected chi connectivity index (χ1v) is 8.59. The van der Waals surface area contributed by atoms with Gasteiger partial charge in [-0.1, -0.05) is 18.2 Å². The first kappa shape index (κ1) is 18.2. The van der Waals surface area contributed by atoms with Crippen LogP contribution in [0.15, 0.2) is 42.5 Å². The molecule has 6 heteroatoms. The summed E-state index contributed by atoms with van der Waals surface area (Å²) < 4.78 is 24.4. The molecule has 26 heavy (non-hydrogen) atoms. The SMILES string of the molecule is COc1ccc(CN2CCN(C(=O)c3ccccc3F)CC2)cc1OC. The highest BCUT2D eigenvalue weighted by molar-refractivity contribution is 5.94. The Morgan fingerprint density at radius 1 is 1.00 bits per heavy atom. The van der Waals surface area contributed by atoms with Crippen molar-refractivity contribution in [3.63, 3.8) is 0 Å². The van der Waals surface area contributed by atoms with Crippen molar-refractivity contribution in [2.45, 2.75) is 6.54 Å². The Bertz CT molecular complexity index is 773. The molecule has 138 valence electrons. The normalized spacial score (nSPS) is 15.0. The third kappa shape index (κ3) is 3.96. The molecule has 1 saturated heterocycles. The van der Waals surface area contributed by atoms with Gasteiger partial charge in [0.15, 0.2) is 11.5 Å². The van der Waals surface area contributed by atoms with Gasteiger partial charge in [0.05, 0.1) is 19.8 Å². The zero-order valence-electron chi connectivity index (χ0n) is 15.1. The number of ether oxygens (including phenoxy) is 2. The van der Waals surface area contributed by atoms with Gasteiger partial charge in [-0.15, -0.1) is 0 Å². The maximum Gasteiger partial charge on any atom is 0.256 e. The highest BCUT2D eigenvalue weighted by Crippen LogP contribution is 2.28. The number of piperazine rings is 1. The van der Waals surface area contributed by atoms with E-state index in [0.717, 1.165) is 25.2 Å². The second kappa shape index (κ2) is 8.19. The lowest BCUT2D eigenvalue weighted by Gasteiger charge is -2.35. The largest absolute Gasteiger partial charge is 0.493 e. The summed E-state index contributed by atoms with van der Waals surface area (Å²) in [7, 11) is 3.23. The smallest absolute Gasteiger partial charge is 0.256 e. The molecule has 5 nitrogen and oxygen atoms in total. The molecule has 2 aromatic rings. The van der Waals surface area contributed by atoms with Crippen LogP contribution in [0, 0.1) is 5.82 Å². The molecule has 0 saturated carbocycles. The summed E-state index contributed by atoms with van der Waals surface area (Å²) in [5.74, 6) is 0.703.